The quantitative estimate of drug-likeness (QED) is 0.437. The van der Waals surface area contributed by atoms with Crippen LogP contribution in [-0.2, 0) is 9.84 Å². The third-order valence-electron chi connectivity index (χ3n) is 5.02. The van der Waals surface area contributed by atoms with Crippen molar-refractivity contribution in [2.45, 2.75) is 16.8 Å². The fourth-order valence-corrected chi connectivity index (χ4v) is 4.53. The molecule has 8 heteroatoms. The van der Waals surface area contributed by atoms with E-state index in [9.17, 15) is 8.42 Å². The van der Waals surface area contributed by atoms with Gasteiger partial charge in [0.15, 0.2) is 5.82 Å². The van der Waals surface area contributed by atoms with E-state index in [4.69, 9.17) is 9.47 Å². The van der Waals surface area contributed by atoms with Gasteiger partial charge in [-0.2, -0.15) is 0 Å². The van der Waals surface area contributed by atoms with E-state index < -0.39 is 9.84 Å². The van der Waals surface area contributed by atoms with Crippen molar-refractivity contribution in [2.75, 3.05) is 19.5 Å². The molecule has 32 heavy (non-hydrogen) atoms. The lowest BCUT2D eigenvalue weighted by molar-refractivity contribution is 0.414. The van der Waals surface area contributed by atoms with Gasteiger partial charge < -0.3 is 14.8 Å². The summed E-state index contributed by atoms with van der Waals surface area (Å²) in [6.45, 7) is 1.91. The van der Waals surface area contributed by atoms with Crippen molar-refractivity contribution in [3.63, 3.8) is 0 Å². The first-order chi connectivity index (χ1) is 15.4. The van der Waals surface area contributed by atoms with Gasteiger partial charge in [0.1, 0.15) is 17.8 Å². The topological polar surface area (TPSA) is 82.5 Å². The molecular formula is C24H23N3O4S. The van der Waals surface area contributed by atoms with Gasteiger partial charge in [-0.25, -0.2) is 13.4 Å². The first kappa shape index (κ1) is 21.5. The maximum Gasteiger partial charge on any atom is 0.227 e. The van der Waals surface area contributed by atoms with Gasteiger partial charge in [-0.05, 0) is 67.6 Å². The number of nitrogens with zero attached hydrogens (tertiary/aromatic N) is 2. The standard InChI is InChI=1S/C24H23N3O4S/c1-17-4-14-22(15-5-17)32(28,29)24-23(26-18-6-10-20(30-2)11-7-18)27(16-25-24)19-8-12-21(31-3)13-9-19/h4-16,26H,1-3H3. The molecule has 0 saturated carbocycles. The molecule has 0 aliphatic carbocycles. The van der Waals surface area contributed by atoms with Gasteiger partial charge in [-0.1, -0.05) is 17.7 Å². The minimum absolute atomic E-state index is 0.0620. The maximum absolute atomic E-state index is 13.4. The highest BCUT2D eigenvalue weighted by atomic mass is 32.2. The fraction of sp³-hybridized carbons (Fsp3) is 0.125. The number of benzene rings is 3. The number of ether oxygens (including phenoxy) is 2. The lowest BCUT2D eigenvalue weighted by atomic mass is 10.2. The van der Waals surface area contributed by atoms with Crippen LogP contribution in [0.4, 0.5) is 11.5 Å². The Bertz CT molecular complexity index is 1310. The molecule has 0 aliphatic heterocycles. The fourth-order valence-electron chi connectivity index (χ4n) is 3.22. The Balaban J connectivity index is 1.83. The monoisotopic (exact) mass is 449 g/mol. The summed E-state index contributed by atoms with van der Waals surface area (Å²) >= 11 is 0. The molecule has 0 unspecified atom stereocenters. The second-order valence-electron chi connectivity index (χ2n) is 7.14. The van der Waals surface area contributed by atoms with E-state index in [0.29, 0.717) is 23.0 Å². The Labute approximate surface area is 187 Å². The van der Waals surface area contributed by atoms with E-state index in [1.165, 1.54) is 6.33 Å². The molecule has 0 aliphatic rings. The molecule has 4 rings (SSSR count). The number of hydrogen-bond acceptors (Lipinski definition) is 6. The van der Waals surface area contributed by atoms with E-state index in [-0.39, 0.29) is 9.92 Å². The number of hydrogen-bond donors (Lipinski definition) is 1. The molecule has 0 saturated heterocycles. The highest BCUT2D eigenvalue weighted by Crippen LogP contribution is 2.32. The van der Waals surface area contributed by atoms with Gasteiger partial charge in [0.05, 0.1) is 19.1 Å². The molecule has 0 bridgehead atoms. The number of methoxy groups -OCH3 is 2. The number of sulfone groups is 1. The highest BCUT2D eigenvalue weighted by Gasteiger charge is 2.27. The largest absolute Gasteiger partial charge is 0.497 e. The molecule has 4 aromatic rings. The minimum atomic E-state index is -3.86. The third kappa shape index (κ3) is 4.17. The number of aryl methyl sites for hydroxylation is 1. The van der Waals surface area contributed by atoms with Crippen molar-refractivity contribution in [1.82, 2.24) is 9.55 Å². The van der Waals surface area contributed by atoms with Crippen LogP contribution >= 0.6 is 0 Å². The Kier molecular flexibility index (Phi) is 5.87. The number of rotatable bonds is 7. The Morgan fingerprint density at radius 2 is 1.38 bits per heavy atom. The summed E-state index contributed by atoms with van der Waals surface area (Å²) in [6, 6.07) is 21.2. The van der Waals surface area contributed by atoms with Crippen LogP contribution in [0.3, 0.4) is 0 Å². The van der Waals surface area contributed by atoms with Crippen LogP contribution in [0.25, 0.3) is 5.69 Å². The highest BCUT2D eigenvalue weighted by molar-refractivity contribution is 7.91. The predicted octanol–water partition coefficient (Wildman–Crippen LogP) is 4.77. The van der Waals surface area contributed by atoms with Gasteiger partial charge >= 0.3 is 0 Å². The first-order valence-electron chi connectivity index (χ1n) is 9.87. The summed E-state index contributed by atoms with van der Waals surface area (Å²) in [5.74, 6) is 1.73. The Morgan fingerprint density at radius 1 is 0.812 bits per heavy atom. The minimum Gasteiger partial charge on any atom is -0.497 e. The van der Waals surface area contributed by atoms with Gasteiger partial charge in [-0.3, -0.25) is 4.57 Å². The summed E-state index contributed by atoms with van der Waals surface area (Å²) in [5, 5.41) is 3.16. The van der Waals surface area contributed by atoms with E-state index in [0.717, 1.165) is 11.3 Å². The van der Waals surface area contributed by atoms with Gasteiger partial charge in [-0.15, -0.1) is 0 Å². The Hall–Kier alpha value is -3.78. The first-order valence-corrected chi connectivity index (χ1v) is 11.4. The molecule has 1 heterocycles. The van der Waals surface area contributed by atoms with Crippen LogP contribution in [0.15, 0.2) is 89.0 Å². The van der Waals surface area contributed by atoms with E-state index in [1.54, 1.807) is 67.3 Å². The van der Waals surface area contributed by atoms with Gasteiger partial charge in [0.25, 0.3) is 0 Å². The van der Waals surface area contributed by atoms with Crippen LogP contribution < -0.4 is 14.8 Å². The number of imidazole rings is 1. The molecule has 0 radical (unpaired) electrons. The second kappa shape index (κ2) is 8.76. The summed E-state index contributed by atoms with van der Waals surface area (Å²) in [7, 11) is -0.680. The number of aromatic nitrogens is 2. The van der Waals surface area contributed by atoms with Gasteiger partial charge in [0.2, 0.25) is 14.9 Å². The van der Waals surface area contributed by atoms with E-state index in [1.807, 2.05) is 31.2 Å². The SMILES string of the molecule is COc1ccc(Nc2c(S(=O)(=O)c3ccc(C)cc3)ncn2-c2ccc(OC)cc2)cc1. The molecule has 3 aromatic carbocycles. The lowest BCUT2D eigenvalue weighted by Crippen LogP contribution is -2.08. The summed E-state index contributed by atoms with van der Waals surface area (Å²) in [5.41, 5.74) is 2.41. The molecule has 7 nitrogen and oxygen atoms in total. The van der Waals surface area contributed by atoms with Crippen molar-refractivity contribution in [3.8, 4) is 17.2 Å². The number of nitrogens with one attached hydrogen (secondary N) is 1. The molecule has 1 aromatic heterocycles. The van der Waals surface area contributed by atoms with Crippen LogP contribution in [0, 0.1) is 6.92 Å². The molecular weight excluding hydrogens is 426 g/mol. The lowest BCUT2D eigenvalue weighted by Gasteiger charge is -2.14. The summed E-state index contributed by atoms with van der Waals surface area (Å²) in [6.07, 6.45) is 1.49. The molecule has 164 valence electrons. The number of anilines is 2. The molecule has 0 fully saturated rings. The van der Waals surface area contributed by atoms with E-state index in [2.05, 4.69) is 10.3 Å². The molecule has 1 N–H and O–H groups in total. The predicted molar refractivity (Wildman–Crippen MR) is 123 cm³/mol. The van der Waals surface area contributed by atoms with Crippen molar-refractivity contribution in [1.29, 1.82) is 0 Å². The average molecular weight is 450 g/mol. The smallest absolute Gasteiger partial charge is 0.227 e. The van der Waals surface area contributed by atoms with Crippen molar-refractivity contribution >= 4 is 21.3 Å². The zero-order chi connectivity index (χ0) is 22.7. The van der Waals surface area contributed by atoms with Crippen molar-refractivity contribution in [3.05, 3.63) is 84.7 Å². The molecule has 0 atom stereocenters. The third-order valence-corrected chi connectivity index (χ3v) is 6.72. The normalized spacial score (nSPS) is 11.2. The van der Waals surface area contributed by atoms with Crippen LogP contribution in [0.2, 0.25) is 0 Å². The maximum atomic E-state index is 13.4. The zero-order valence-corrected chi connectivity index (χ0v) is 18.8. The summed E-state index contributed by atoms with van der Waals surface area (Å²) < 4.78 is 39.0. The van der Waals surface area contributed by atoms with Crippen molar-refractivity contribution < 1.29 is 17.9 Å². The van der Waals surface area contributed by atoms with Crippen LogP contribution in [0.5, 0.6) is 11.5 Å². The van der Waals surface area contributed by atoms with Gasteiger partial charge in [0, 0.05) is 11.4 Å². The molecule has 0 spiro atoms. The van der Waals surface area contributed by atoms with Crippen LogP contribution in [0.1, 0.15) is 5.56 Å². The van der Waals surface area contributed by atoms with Crippen LogP contribution in [-0.4, -0.2) is 32.2 Å². The second-order valence-corrected chi connectivity index (χ2v) is 9.00. The molecule has 0 amide bonds. The van der Waals surface area contributed by atoms with Crippen molar-refractivity contribution in [2.24, 2.45) is 0 Å². The summed E-state index contributed by atoms with van der Waals surface area (Å²) in [4.78, 5) is 4.47. The Morgan fingerprint density at radius 3 is 1.94 bits per heavy atom. The zero-order valence-electron chi connectivity index (χ0n) is 17.9. The average Bonchev–Trinajstić information content (AvgIpc) is 3.24. The van der Waals surface area contributed by atoms with E-state index >= 15 is 0 Å².